The van der Waals surface area contributed by atoms with Crippen molar-refractivity contribution >= 4 is 6.40 Å². The summed E-state index contributed by atoms with van der Waals surface area (Å²) in [6, 6.07) is 3.80. The highest BCUT2D eigenvalue weighted by molar-refractivity contribution is 5.49. The van der Waals surface area contributed by atoms with Crippen LogP contribution < -0.4 is 0 Å². The first-order valence-electron chi connectivity index (χ1n) is 5.78. The monoisotopic (exact) mass is 239 g/mol. The van der Waals surface area contributed by atoms with Gasteiger partial charge in [-0.1, -0.05) is 6.92 Å². The first kappa shape index (κ1) is 12.0. The molecule has 0 spiro atoms. The second-order valence-electron chi connectivity index (χ2n) is 4.29. The standard InChI is InChI=1S/C13H15F2NO/c1-2-9(5-13-7-17-8-16-13)10-3-11(14)6-12(15)4-10/h3-4,6,8-9,13H,2,5,7H2,1H3. The molecule has 2 atom stereocenters. The molecule has 0 radical (unpaired) electrons. The minimum atomic E-state index is -0.523. The second-order valence-corrected chi connectivity index (χ2v) is 4.29. The van der Waals surface area contributed by atoms with Gasteiger partial charge in [-0.15, -0.1) is 0 Å². The Morgan fingerprint density at radius 1 is 1.35 bits per heavy atom. The highest BCUT2D eigenvalue weighted by atomic mass is 19.1. The summed E-state index contributed by atoms with van der Waals surface area (Å²) in [4.78, 5) is 4.16. The van der Waals surface area contributed by atoms with Crippen LogP contribution in [0.15, 0.2) is 23.2 Å². The van der Waals surface area contributed by atoms with Crippen molar-refractivity contribution in [2.24, 2.45) is 4.99 Å². The van der Waals surface area contributed by atoms with E-state index in [-0.39, 0.29) is 12.0 Å². The number of aliphatic imine (C=N–C) groups is 1. The van der Waals surface area contributed by atoms with Crippen molar-refractivity contribution in [1.29, 1.82) is 0 Å². The number of ether oxygens (including phenoxy) is 1. The number of nitrogens with zero attached hydrogens (tertiary/aromatic N) is 1. The van der Waals surface area contributed by atoms with Gasteiger partial charge in [0.15, 0.2) is 6.40 Å². The lowest BCUT2D eigenvalue weighted by Crippen LogP contribution is -2.12. The van der Waals surface area contributed by atoms with E-state index in [4.69, 9.17) is 4.74 Å². The molecular formula is C13H15F2NO. The number of hydrogen-bond donors (Lipinski definition) is 0. The van der Waals surface area contributed by atoms with E-state index in [1.54, 1.807) is 0 Å². The zero-order valence-corrected chi connectivity index (χ0v) is 9.70. The summed E-state index contributed by atoms with van der Waals surface area (Å²) in [6.45, 7) is 2.57. The van der Waals surface area contributed by atoms with E-state index in [0.29, 0.717) is 12.2 Å². The van der Waals surface area contributed by atoms with Gasteiger partial charge < -0.3 is 4.74 Å². The average Bonchev–Trinajstić information content (AvgIpc) is 2.77. The Bertz CT molecular complexity index is 400. The van der Waals surface area contributed by atoms with Crippen LogP contribution in [0.4, 0.5) is 8.78 Å². The minimum absolute atomic E-state index is 0.103. The van der Waals surface area contributed by atoms with Crippen LogP contribution in [0.2, 0.25) is 0 Å². The lowest BCUT2D eigenvalue weighted by Gasteiger charge is -2.17. The quantitative estimate of drug-likeness (QED) is 0.790. The first-order valence-corrected chi connectivity index (χ1v) is 5.78. The fourth-order valence-electron chi connectivity index (χ4n) is 2.13. The second kappa shape index (κ2) is 5.25. The van der Waals surface area contributed by atoms with Gasteiger partial charge in [0.2, 0.25) is 0 Å². The molecule has 1 aromatic carbocycles. The van der Waals surface area contributed by atoms with E-state index in [1.165, 1.54) is 18.5 Å². The summed E-state index contributed by atoms with van der Waals surface area (Å²) < 4.78 is 31.3. The highest BCUT2D eigenvalue weighted by Crippen LogP contribution is 2.27. The summed E-state index contributed by atoms with van der Waals surface area (Å²) in [5.41, 5.74) is 0.701. The number of benzene rings is 1. The predicted molar refractivity (Wildman–Crippen MR) is 62.2 cm³/mol. The molecule has 1 heterocycles. The SMILES string of the molecule is CCC(CC1COC=N1)c1cc(F)cc(F)c1. The summed E-state index contributed by atoms with van der Waals surface area (Å²) >= 11 is 0. The molecule has 0 aliphatic carbocycles. The lowest BCUT2D eigenvalue weighted by molar-refractivity contribution is 0.313. The van der Waals surface area contributed by atoms with Crippen molar-refractivity contribution in [3.05, 3.63) is 35.4 Å². The normalized spacial score (nSPS) is 20.3. The van der Waals surface area contributed by atoms with Crippen molar-refractivity contribution in [3.63, 3.8) is 0 Å². The molecule has 2 unspecified atom stereocenters. The molecule has 0 N–H and O–H groups in total. The molecule has 2 rings (SSSR count). The molecule has 0 fully saturated rings. The van der Waals surface area contributed by atoms with Gasteiger partial charge in [-0.05, 0) is 36.5 Å². The van der Waals surface area contributed by atoms with Crippen LogP contribution in [0.3, 0.4) is 0 Å². The summed E-state index contributed by atoms with van der Waals surface area (Å²) in [6.07, 6.45) is 3.04. The molecule has 92 valence electrons. The van der Waals surface area contributed by atoms with Crippen molar-refractivity contribution in [3.8, 4) is 0 Å². The van der Waals surface area contributed by atoms with Crippen LogP contribution in [-0.2, 0) is 4.74 Å². The molecule has 0 bridgehead atoms. The molecular weight excluding hydrogens is 224 g/mol. The largest absolute Gasteiger partial charge is 0.481 e. The smallest absolute Gasteiger partial charge is 0.169 e. The van der Waals surface area contributed by atoms with Crippen LogP contribution >= 0.6 is 0 Å². The number of hydrogen-bond acceptors (Lipinski definition) is 2. The highest BCUT2D eigenvalue weighted by Gasteiger charge is 2.19. The summed E-state index contributed by atoms with van der Waals surface area (Å²) in [5.74, 6) is -0.932. The van der Waals surface area contributed by atoms with Crippen molar-refractivity contribution in [1.82, 2.24) is 0 Å². The Labute approximate surface area is 99.3 Å². The average molecular weight is 239 g/mol. The van der Waals surface area contributed by atoms with Crippen LogP contribution in [0, 0.1) is 11.6 Å². The van der Waals surface area contributed by atoms with Crippen molar-refractivity contribution in [2.45, 2.75) is 31.7 Å². The molecule has 2 nitrogen and oxygen atoms in total. The van der Waals surface area contributed by atoms with Gasteiger partial charge in [0.25, 0.3) is 0 Å². The molecule has 0 saturated carbocycles. The van der Waals surface area contributed by atoms with E-state index < -0.39 is 11.6 Å². The molecule has 1 aliphatic heterocycles. The molecule has 0 aromatic heterocycles. The molecule has 4 heteroatoms. The Hall–Kier alpha value is -1.45. The van der Waals surface area contributed by atoms with Crippen LogP contribution in [0.25, 0.3) is 0 Å². The molecule has 17 heavy (non-hydrogen) atoms. The topological polar surface area (TPSA) is 21.6 Å². The van der Waals surface area contributed by atoms with E-state index in [2.05, 4.69) is 4.99 Å². The van der Waals surface area contributed by atoms with Crippen molar-refractivity contribution in [2.75, 3.05) is 6.61 Å². The van der Waals surface area contributed by atoms with Crippen LogP contribution in [0.1, 0.15) is 31.2 Å². The zero-order valence-electron chi connectivity index (χ0n) is 9.70. The fraction of sp³-hybridized carbons (Fsp3) is 0.462. The maximum atomic E-state index is 13.1. The molecule has 0 amide bonds. The van der Waals surface area contributed by atoms with Gasteiger partial charge in [-0.25, -0.2) is 8.78 Å². The van der Waals surface area contributed by atoms with Gasteiger partial charge in [0.1, 0.15) is 18.2 Å². The maximum absolute atomic E-state index is 13.1. The number of rotatable bonds is 4. The zero-order chi connectivity index (χ0) is 12.3. The lowest BCUT2D eigenvalue weighted by atomic mass is 9.90. The van der Waals surface area contributed by atoms with Crippen LogP contribution in [-0.4, -0.2) is 19.0 Å². The van der Waals surface area contributed by atoms with E-state index >= 15 is 0 Å². The van der Waals surface area contributed by atoms with E-state index in [0.717, 1.165) is 18.9 Å². The Morgan fingerprint density at radius 3 is 2.59 bits per heavy atom. The van der Waals surface area contributed by atoms with E-state index in [1.807, 2.05) is 6.92 Å². The van der Waals surface area contributed by atoms with Gasteiger partial charge in [-0.2, -0.15) is 0 Å². The third-order valence-electron chi connectivity index (χ3n) is 3.04. The van der Waals surface area contributed by atoms with Crippen LogP contribution in [0.5, 0.6) is 0 Å². The van der Waals surface area contributed by atoms with Crippen molar-refractivity contribution < 1.29 is 13.5 Å². The minimum Gasteiger partial charge on any atom is -0.481 e. The Balaban J connectivity index is 2.13. The summed E-state index contributed by atoms with van der Waals surface area (Å²) in [5, 5.41) is 0. The maximum Gasteiger partial charge on any atom is 0.169 e. The Kier molecular flexibility index (Phi) is 3.71. The van der Waals surface area contributed by atoms with Gasteiger partial charge in [0.05, 0.1) is 6.04 Å². The predicted octanol–water partition coefficient (Wildman–Crippen LogP) is 3.28. The van der Waals surface area contributed by atoms with Gasteiger partial charge in [-0.3, -0.25) is 4.99 Å². The first-order chi connectivity index (χ1) is 8.19. The fourth-order valence-corrected chi connectivity index (χ4v) is 2.13. The summed E-state index contributed by atoms with van der Waals surface area (Å²) in [7, 11) is 0. The Morgan fingerprint density at radius 2 is 2.06 bits per heavy atom. The molecule has 1 aromatic rings. The van der Waals surface area contributed by atoms with E-state index in [9.17, 15) is 8.78 Å². The molecule has 0 saturated heterocycles. The van der Waals surface area contributed by atoms with Gasteiger partial charge in [0, 0.05) is 6.07 Å². The number of halogens is 2. The third kappa shape index (κ3) is 3.02. The third-order valence-corrected chi connectivity index (χ3v) is 3.04. The van der Waals surface area contributed by atoms with Gasteiger partial charge >= 0.3 is 0 Å². The molecule has 1 aliphatic rings.